The van der Waals surface area contributed by atoms with E-state index in [4.69, 9.17) is 0 Å². The van der Waals surface area contributed by atoms with E-state index in [1.165, 1.54) is 27.5 Å². The highest BCUT2D eigenvalue weighted by atomic mass is 14.2. The average Bonchev–Trinajstić information content (AvgIpc) is 2.15. The Hall–Kier alpha value is -1.30. The lowest BCUT2D eigenvalue weighted by Crippen LogP contribution is -2.15. The van der Waals surface area contributed by atoms with E-state index in [1.807, 2.05) is 0 Å². The SMILES string of the molecule is Cc1cc2ccccc2c(C)c1C(C)(C)C. The van der Waals surface area contributed by atoms with Gasteiger partial charge in [-0.1, -0.05) is 51.1 Å². The van der Waals surface area contributed by atoms with Crippen LogP contribution < -0.4 is 0 Å². The molecule has 0 unspecified atom stereocenters. The summed E-state index contributed by atoms with van der Waals surface area (Å²) >= 11 is 0. The summed E-state index contributed by atoms with van der Waals surface area (Å²) in [5.74, 6) is 0. The third-order valence-electron chi connectivity index (χ3n) is 3.26. The summed E-state index contributed by atoms with van der Waals surface area (Å²) in [4.78, 5) is 0. The first-order valence-corrected chi connectivity index (χ1v) is 5.90. The Bertz CT molecular complexity index is 527. The van der Waals surface area contributed by atoms with Gasteiger partial charge in [0.1, 0.15) is 0 Å². The predicted octanol–water partition coefficient (Wildman–Crippen LogP) is 4.75. The number of benzene rings is 2. The second-order valence-corrected chi connectivity index (χ2v) is 5.66. The fraction of sp³-hybridized carbons (Fsp3) is 0.375. The molecule has 0 heteroatoms. The number of hydrogen-bond donors (Lipinski definition) is 0. The summed E-state index contributed by atoms with van der Waals surface area (Å²) in [5, 5.41) is 2.74. The number of rotatable bonds is 0. The van der Waals surface area contributed by atoms with E-state index in [9.17, 15) is 0 Å². The van der Waals surface area contributed by atoms with Crippen molar-refractivity contribution < 1.29 is 0 Å². The third-order valence-corrected chi connectivity index (χ3v) is 3.26. The molecule has 0 nitrogen and oxygen atoms in total. The normalized spacial score (nSPS) is 12.1. The van der Waals surface area contributed by atoms with Crippen LogP contribution in [0.1, 0.15) is 37.5 Å². The van der Waals surface area contributed by atoms with Crippen molar-refractivity contribution in [2.24, 2.45) is 0 Å². The van der Waals surface area contributed by atoms with E-state index in [0.29, 0.717) is 0 Å². The molecule has 0 heterocycles. The Kier molecular flexibility index (Phi) is 2.53. The van der Waals surface area contributed by atoms with Crippen LogP contribution in [0.25, 0.3) is 10.8 Å². The maximum atomic E-state index is 2.31. The van der Waals surface area contributed by atoms with Gasteiger partial charge in [0.15, 0.2) is 0 Å². The van der Waals surface area contributed by atoms with Gasteiger partial charge in [0.2, 0.25) is 0 Å². The summed E-state index contributed by atoms with van der Waals surface area (Å²) in [7, 11) is 0. The van der Waals surface area contributed by atoms with Crippen molar-refractivity contribution in [3.8, 4) is 0 Å². The smallest absolute Gasteiger partial charge is 0.0126 e. The van der Waals surface area contributed by atoms with Crippen LogP contribution in [-0.4, -0.2) is 0 Å². The average molecular weight is 212 g/mol. The van der Waals surface area contributed by atoms with Gasteiger partial charge >= 0.3 is 0 Å². The first-order valence-electron chi connectivity index (χ1n) is 5.90. The monoisotopic (exact) mass is 212 g/mol. The fourth-order valence-electron chi connectivity index (χ4n) is 2.85. The molecule has 0 aliphatic heterocycles. The van der Waals surface area contributed by atoms with E-state index in [2.05, 4.69) is 65.0 Å². The Morgan fingerprint density at radius 1 is 0.938 bits per heavy atom. The number of hydrogen-bond acceptors (Lipinski definition) is 0. The summed E-state index contributed by atoms with van der Waals surface area (Å²) in [6.45, 7) is 11.3. The second-order valence-electron chi connectivity index (χ2n) is 5.66. The van der Waals surface area contributed by atoms with E-state index in [-0.39, 0.29) is 5.41 Å². The standard InChI is InChI=1S/C16H20/c1-11-10-13-8-6-7-9-14(13)12(2)15(11)16(3,4)5/h6-10H,1-5H3. The number of aryl methyl sites for hydroxylation is 2. The molecule has 0 N–H and O–H groups in total. The zero-order chi connectivity index (χ0) is 11.9. The molecule has 0 aliphatic carbocycles. The molecule has 2 aromatic carbocycles. The minimum absolute atomic E-state index is 0.220. The number of fused-ring (bicyclic) bond motifs is 1. The Morgan fingerprint density at radius 3 is 2.19 bits per heavy atom. The highest BCUT2D eigenvalue weighted by molar-refractivity contribution is 5.87. The molecule has 0 spiro atoms. The molecule has 0 radical (unpaired) electrons. The van der Waals surface area contributed by atoms with Crippen LogP contribution in [0.4, 0.5) is 0 Å². The van der Waals surface area contributed by atoms with Gasteiger partial charge in [-0.25, -0.2) is 0 Å². The van der Waals surface area contributed by atoms with Crippen LogP contribution in [0.5, 0.6) is 0 Å². The highest BCUT2D eigenvalue weighted by Crippen LogP contribution is 2.33. The van der Waals surface area contributed by atoms with Gasteiger partial charge in [-0.2, -0.15) is 0 Å². The second kappa shape index (κ2) is 3.62. The summed E-state index contributed by atoms with van der Waals surface area (Å²) in [6, 6.07) is 11.0. The molecule has 0 atom stereocenters. The van der Waals surface area contributed by atoms with Crippen LogP contribution in [-0.2, 0) is 5.41 Å². The van der Waals surface area contributed by atoms with Crippen molar-refractivity contribution in [2.45, 2.75) is 40.0 Å². The van der Waals surface area contributed by atoms with E-state index >= 15 is 0 Å². The van der Waals surface area contributed by atoms with Gasteiger partial charge in [0.05, 0.1) is 0 Å². The lowest BCUT2D eigenvalue weighted by atomic mass is 9.79. The van der Waals surface area contributed by atoms with Crippen LogP contribution in [0, 0.1) is 13.8 Å². The molecule has 2 rings (SSSR count). The lowest BCUT2D eigenvalue weighted by Gasteiger charge is -2.25. The molecule has 0 saturated heterocycles. The summed E-state index contributed by atoms with van der Waals surface area (Å²) in [6.07, 6.45) is 0. The van der Waals surface area contributed by atoms with Gasteiger partial charge in [0.25, 0.3) is 0 Å². The highest BCUT2D eigenvalue weighted by Gasteiger charge is 2.19. The predicted molar refractivity (Wildman–Crippen MR) is 72.1 cm³/mol. The molecule has 0 fully saturated rings. The van der Waals surface area contributed by atoms with E-state index < -0.39 is 0 Å². The van der Waals surface area contributed by atoms with Crippen LogP contribution >= 0.6 is 0 Å². The minimum atomic E-state index is 0.220. The molecule has 0 bridgehead atoms. The molecule has 16 heavy (non-hydrogen) atoms. The van der Waals surface area contributed by atoms with Crippen molar-refractivity contribution in [3.05, 3.63) is 47.0 Å². The molecule has 84 valence electrons. The van der Waals surface area contributed by atoms with Crippen molar-refractivity contribution in [3.63, 3.8) is 0 Å². The summed E-state index contributed by atoms with van der Waals surface area (Å²) < 4.78 is 0. The van der Waals surface area contributed by atoms with E-state index in [0.717, 1.165) is 0 Å². The molecular weight excluding hydrogens is 192 g/mol. The maximum absolute atomic E-state index is 2.31. The van der Waals surface area contributed by atoms with Gasteiger partial charge < -0.3 is 0 Å². The van der Waals surface area contributed by atoms with Gasteiger partial charge in [-0.15, -0.1) is 0 Å². The Labute approximate surface area is 98.3 Å². The molecule has 0 aromatic heterocycles. The van der Waals surface area contributed by atoms with Gasteiger partial charge in [-0.3, -0.25) is 0 Å². The zero-order valence-electron chi connectivity index (χ0n) is 10.9. The summed E-state index contributed by atoms with van der Waals surface area (Å²) in [5.41, 5.74) is 4.55. The van der Waals surface area contributed by atoms with Crippen molar-refractivity contribution in [1.82, 2.24) is 0 Å². The van der Waals surface area contributed by atoms with Crippen molar-refractivity contribution >= 4 is 10.8 Å². The first-order chi connectivity index (χ1) is 7.41. The topological polar surface area (TPSA) is 0 Å². The quantitative estimate of drug-likeness (QED) is 0.591. The van der Waals surface area contributed by atoms with Gasteiger partial charge in [-0.05, 0) is 46.7 Å². The van der Waals surface area contributed by atoms with Crippen molar-refractivity contribution in [2.75, 3.05) is 0 Å². The van der Waals surface area contributed by atoms with Gasteiger partial charge in [0, 0.05) is 0 Å². The fourth-order valence-corrected chi connectivity index (χ4v) is 2.85. The Morgan fingerprint density at radius 2 is 1.56 bits per heavy atom. The molecule has 0 amide bonds. The maximum Gasteiger partial charge on any atom is -0.0126 e. The Balaban J connectivity index is 2.86. The van der Waals surface area contributed by atoms with Crippen LogP contribution in [0.15, 0.2) is 30.3 Å². The lowest BCUT2D eigenvalue weighted by molar-refractivity contribution is 0.583. The molecule has 0 aliphatic rings. The third kappa shape index (κ3) is 1.73. The van der Waals surface area contributed by atoms with Crippen molar-refractivity contribution in [1.29, 1.82) is 0 Å². The van der Waals surface area contributed by atoms with E-state index in [1.54, 1.807) is 0 Å². The molecular formula is C16H20. The largest absolute Gasteiger partial charge is 0.0616 e. The molecule has 0 saturated carbocycles. The molecule has 2 aromatic rings. The zero-order valence-corrected chi connectivity index (χ0v) is 10.9. The first kappa shape index (κ1) is 11.2. The van der Waals surface area contributed by atoms with Crippen LogP contribution in [0.2, 0.25) is 0 Å². The minimum Gasteiger partial charge on any atom is -0.0616 e. The van der Waals surface area contributed by atoms with Crippen LogP contribution in [0.3, 0.4) is 0 Å².